The van der Waals surface area contributed by atoms with E-state index in [1.165, 1.54) is 17.3 Å². The van der Waals surface area contributed by atoms with Gasteiger partial charge in [0, 0.05) is 4.90 Å². The summed E-state index contributed by atoms with van der Waals surface area (Å²) >= 11 is 1.48. The molecule has 1 N–H and O–H groups in total. The second-order valence-corrected chi connectivity index (χ2v) is 5.22. The highest BCUT2D eigenvalue weighted by molar-refractivity contribution is 8.00. The van der Waals surface area contributed by atoms with Crippen molar-refractivity contribution in [2.24, 2.45) is 0 Å². The molecule has 1 aromatic carbocycles. The van der Waals surface area contributed by atoms with E-state index in [1.54, 1.807) is 13.8 Å². The van der Waals surface area contributed by atoms with Crippen molar-refractivity contribution in [3.05, 3.63) is 29.8 Å². The molecule has 1 nitrogen and oxygen atoms in total. The van der Waals surface area contributed by atoms with Crippen LogP contribution in [0.15, 0.2) is 29.2 Å². The highest BCUT2D eigenvalue weighted by Crippen LogP contribution is 2.29. The van der Waals surface area contributed by atoms with E-state index < -0.39 is 4.93 Å². The van der Waals surface area contributed by atoms with Crippen molar-refractivity contribution in [2.75, 3.05) is 0 Å². The Morgan fingerprint density at radius 3 is 2.15 bits per heavy atom. The maximum atomic E-state index is 9.56. The van der Waals surface area contributed by atoms with Crippen LogP contribution in [0.5, 0.6) is 0 Å². The molecular weight excluding hydrogens is 180 g/mol. The Hall–Kier alpha value is -0.470. The summed E-state index contributed by atoms with van der Waals surface area (Å²) in [5, 5.41) is 9.56. The molecule has 72 valence electrons. The van der Waals surface area contributed by atoms with Gasteiger partial charge in [-0.2, -0.15) is 0 Å². The Bertz CT molecular complexity index is 258. The zero-order valence-corrected chi connectivity index (χ0v) is 9.19. The van der Waals surface area contributed by atoms with Crippen molar-refractivity contribution < 1.29 is 5.11 Å². The number of thioether (sulfide) groups is 1. The lowest BCUT2D eigenvalue weighted by atomic mass is 10.2. The van der Waals surface area contributed by atoms with Crippen LogP contribution >= 0.6 is 11.8 Å². The fourth-order valence-corrected chi connectivity index (χ4v) is 1.93. The van der Waals surface area contributed by atoms with E-state index in [0.29, 0.717) is 0 Å². The Morgan fingerprint density at radius 2 is 1.77 bits per heavy atom. The van der Waals surface area contributed by atoms with Crippen molar-refractivity contribution in [1.82, 2.24) is 0 Å². The van der Waals surface area contributed by atoms with Gasteiger partial charge < -0.3 is 5.11 Å². The maximum Gasteiger partial charge on any atom is 0.109 e. The van der Waals surface area contributed by atoms with Crippen LogP contribution in [0.4, 0.5) is 0 Å². The van der Waals surface area contributed by atoms with Gasteiger partial charge in [0.25, 0.3) is 0 Å². The number of aryl methyl sites for hydroxylation is 1. The highest BCUT2D eigenvalue weighted by atomic mass is 32.2. The number of rotatable bonds is 3. The minimum absolute atomic E-state index is 0.687. The molecule has 0 aliphatic heterocycles. The third-order valence-corrected chi connectivity index (χ3v) is 2.71. The quantitative estimate of drug-likeness (QED) is 0.592. The number of hydrogen-bond donors (Lipinski definition) is 1. The van der Waals surface area contributed by atoms with Gasteiger partial charge in [0.15, 0.2) is 0 Å². The summed E-state index contributed by atoms with van der Waals surface area (Å²) in [6, 6.07) is 8.32. The standard InChI is InChI=1S/C11H16OS/c1-4-9-5-7-10(8-6-9)13-11(2,3)12/h5-8,12H,4H2,1-3H3. The molecule has 0 saturated heterocycles. The van der Waals surface area contributed by atoms with E-state index >= 15 is 0 Å². The van der Waals surface area contributed by atoms with Crippen LogP contribution in [-0.4, -0.2) is 10.0 Å². The molecule has 0 fully saturated rings. The van der Waals surface area contributed by atoms with E-state index in [4.69, 9.17) is 0 Å². The summed E-state index contributed by atoms with van der Waals surface area (Å²) in [4.78, 5) is 0.429. The molecule has 13 heavy (non-hydrogen) atoms. The molecule has 0 unspecified atom stereocenters. The molecule has 0 spiro atoms. The molecular formula is C11H16OS. The number of benzene rings is 1. The van der Waals surface area contributed by atoms with Gasteiger partial charge in [0.1, 0.15) is 4.93 Å². The lowest BCUT2D eigenvalue weighted by Crippen LogP contribution is -2.11. The Balaban J connectivity index is 2.70. The summed E-state index contributed by atoms with van der Waals surface area (Å²) in [6.45, 7) is 5.73. The first kappa shape index (κ1) is 10.6. The average Bonchev–Trinajstić information content (AvgIpc) is 2.03. The molecule has 0 aromatic heterocycles. The number of aliphatic hydroxyl groups is 1. The topological polar surface area (TPSA) is 20.2 Å². The van der Waals surface area contributed by atoms with Crippen LogP contribution in [0.3, 0.4) is 0 Å². The summed E-state index contributed by atoms with van der Waals surface area (Å²) in [7, 11) is 0. The predicted octanol–water partition coefficient (Wildman–Crippen LogP) is 3.07. The monoisotopic (exact) mass is 196 g/mol. The normalized spacial score (nSPS) is 11.7. The van der Waals surface area contributed by atoms with Crippen molar-refractivity contribution >= 4 is 11.8 Å². The third kappa shape index (κ3) is 3.83. The minimum Gasteiger partial charge on any atom is -0.380 e. The van der Waals surface area contributed by atoms with Crippen molar-refractivity contribution in [2.45, 2.75) is 37.0 Å². The highest BCUT2D eigenvalue weighted by Gasteiger charge is 2.13. The second-order valence-electron chi connectivity index (χ2n) is 3.55. The van der Waals surface area contributed by atoms with Gasteiger partial charge in [0.05, 0.1) is 0 Å². The van der Waals surface area contributed by atoms with Crippen LogP contribution in [-0.2, 0) is 6.42 Å². The summed E-state index contributed by atoms with van der Waals surface area (Å²) < 4.78 is 0. The molecule has 1 aromatic rings. The zero-order chi connectivity index (χ0) is 9.90. The van der Waals surface area contributed by atoms with Gasteiger partial charge >= 0.3 is 0 Å². The molecule has 2 heteroatoms. The molecule has 0 atom stereocenters. The van der Waals surface area contributed by atoms with Crippen molar-refractivity contribution in [3.63, 3.8) is 0 Å². The summed E-state index contributed by atoms with van der Waals surface area (Å²) in [5.74, 6) is 0. The zero-order valence-electron chi connectivity index (χ0n) is 8.37. The SMILES string of the molecule is CCc1ccc(SC(C)(C)O)cc1. The van der Waals surface area contributed by atoms with Crippen molar-refractivity contribution in [1.29, 1.82) is 0 Å². The molecule has 0 amide bonds. The van der Waals surface area contributed by atoms with Gasteiger partial charge in [-0.25, -0.2) is 0 Å². The van der Waals surface area contributed by atoms with E-state index in [1.807, 2.05) is 0 Å². The predicted molar refractivity (Wildman–Crippen MR) is 58.0 cm³/mol. The number of hydrogen-bond acceptors (Lipinski definition) is 2. The van der Waals surface area contributed by atoms with Crippen LogP contribution in [0, 0.1) is 0 Å². The van der Waals surface area contributed by atoms with Gasteiger partial charge in [-0.05, 0) is 38.0 Å². The molecule has 1 rings (SSSR count). The minimum atomic E-state index is -0.687. The molecule has 0 aliphatic carbocycles. The average molecular weight is 196 g/mol. The fraction of sp³-hybridized carbons (Fsp3) is 0.455. The smallest absolute Gasteiger partial charge is 0.109 e. The van der Waals surface area contributed by atoms with Gasteiger partial charge in [-0.15, -0.1) is 0 Å². The first-order valence-electron chi connectivity index (χ1n) is 4.51. The Morgan fingerprint density at radius 1 is 1.23 bits per heavy atom. The molecule has 0 heterocycles. The maximum absolute atomic E-state index is 9.56. The van der Waals surface area contributed by atoms with E-state index in [-0.39, 0.29) is 0 Å². The first-order chi connectivity index (χ1) is 6.01. The lowest BCUT2D eigenvalue weighted by Gasteiger charge is -2.16. The second kappa shape index (κ2) is 4.16. The van der Waals surface area contributed by atoms with Crippen LogP contribution in [0.1, 0.15) is 26.3 Å². The van der Waals surface area contributed by atoms with E-state index in [2.05, 4.69) is 31.2 Å². The summed E-state index contributed by atoms with van der Waals surface area (Å²) in [6.07, 6.45) is 1.06. The third-order valence-electron chi connectivity index (χ3n) is 1.70. The van der Waals surface area contributed by atoms with Gasteiger partial charge in [0.2, 0.25) is 0 Å². The molecule has 0 aliphatic rings. The Kier molecular flexibility index (Phi) is 3.40. The molecule has 0 bridgehead atoms. The van der Waals surface area contributed by atoms with E-state index in [9.17, 15) is 5.11 Å². The van der Waals surface area contributed by atoms with E-state index in [0.717, 1.165) is 11.3 Å². The molecule has 0 radical (unpaired) electrons. The van der Waals surface area contributed by atoms with Crippen LogP contribution in [0.2, 0.25) is 0 Å². The fourth-order valence-electron chi connectivity index (χ4n) is 1.08. The van der Waals surface area contributed by atoms with Gasteiger partial charge in [-0.3, -0.25) is 0 Å². The van der Waals surface area contributed by atoms with Gasteiger partial charge in [-0.1, -0.05) is 30.8 Å². The summed E-state index contributed by atoms with van der Waals surface area (Å²) in [5.41, 5.74) is 1.33. The first-order valence-corrected chi connectivity index (χ1v) is 5.33. The van der Waals surface area contributed by atoms with Crippen LogP contribution < -0.4 is 0 Å². The lowest BCUT2D eigenvalue weighted by molar-refractivity contribution is 0.179. The van der Waals surface area contributed by atoms with Crippen LogP contribution in [0.25, 0.3) is 0 Å². The Labute approximate surface area is 84.2 Å². The largest absolute Gasteiger partial charge is 0.380 e. The molecule has 0 saturated carbocycles. The van der Waals surface area contributed by atoms with Crippen molar-refractivity contribution in [3.8, 4) is 0 Å².